The number of rotatable bonds is 3. The molecule has 1 fully saturated rings. The predicted octanol–water partition coefficient (Wildman–Crippen LogP) is 4.04. The van der Waals surface area contributed by atoms with Gasteiger partial charge in [0.2, 0.25) is 0 Å². The van der Waals surface area contributed by atoms with Crippen molar-refractivity contribution in [3.63, 3.8) is 0 Å². The highest BCUT2D eigenvalue weighted by Crippen LogP contribution is 2.26. The summed E-state index contributed by atoms with van der Waals surface area (Å²) < 4.78 is 1.10. The molecule has 2 aromatic carbocycles. The summed E-state index contributed by atoms with van der Waals surface area (Å²) in [6.07, 6.45) is 0. The minimum atomic E-state index is 0.0122. The van der Waals surface area contributed by atoms with Crippen LogP contribution in [0.3, 0.4) is 0 Å². The molecule has 1 atom stereocenters. The first-order chi connectivity index (χ1) is 11.6. The van der Waals surface area contributed by atoms with Crippen LogP contribution < -0.4 is 10.2 Å². The molecule has 4 nitrogen and oxygen atoms in total. The Bertz CT molecular complexity index is 684. The first-order valence-electron chi connectivity index (χ1n) is 8.25. The van der Waals surface area contributed by atoms with Crippen molar-refractivity contribution in [3.8, 4) is 0 Å². The normalized spacial score (nSPS) is 15.9. The monoisotopic (exact) mass is 387 g/mol. The third-order valence-electron chi connectivity index (χ3n) is 4.40. The highest BCUT2D eigenvalue weighted by atomic mass is 79.9. The standard InChI is InChI=1S/C19H22BrN3O/c1-15(16-7-3-2-4-8-16)21-19(24)23-13-11-22(12-14-23)18-10-6-5-9-17(18)20/h2-10,15H,11-14H2,1H3,(H,21,24). The Morgan fingerprint density at radius 2 is 1.62 bits per heavy atom. The average molecular weight is 388 g/mol. The maximum Gasteiger partial charge on any atom is 0.317 e. The Morgan fingerprint density at radius 3 is 2.29 bits per heavy atom. The quantitative estimate of drug-likeness (QED) is 0.862. The minimum Gasteiger partial charge on any atom is -0.367 e. The van der Waals surface area contributed by atoms with E-state index in [1.807, 2.05) is 54.3 Å². The van der Waals surface area contributed by atoms with Crippen LogP contribution in [-0.4, -0.2) is 37.1 Å². The zero-order valence-electron chi connectivity index (χ0n) is 13.8. The maximum absolute atomic E-state index is 12.5. The zero-order valence-corrected chi connectivity index (χ0v) is 15.4. The van der Waals surface area contributed by atoms with E-state index in [2.05, 4.69) is 38.3 Å². The molecule has 0 aliphatic carbocycles. The number of para-hydroxylation sites is 1. The number of carbonyl (C=O) groups excluding carboxylic acids is 1. The Kier molecular flexibility index (Phi) is 5.41. The summed E-state index contributed by atoms with van der Waals surface area (Å²) in [7, 11) is 0. The van der Waals surface area contributed by atoms with Gasteiger partial charge in [-0.2, -0.15) is 0 Å². The van der Waals surface area contributed by atoms with Crippen LogP contribution in [0.2, 0.25) is 0 Å². The lowest BCUT2D eigenvalue weighted by Crippen LogP contribution is -2.52. The number of nitrogens with zero attached hydrogens (tertiary/aromatic N) is 2. The topological polar surface area (TPSA) is 35.6 Å². The molecule has 3 rings (SSSR count). The Hall–Kier alpha value is -2.01. The summed E-state index contributed by atoms with van der Waals surface area (Å²) >= 11 is 3.60. The van der Waals surface area contributed by atoms with Crippen LogP contribution in [0, 0.1) is 0 Å². The van der Waals surface area contributed by atoms with E-state index in [1.54, 1.807) is 0 Å². The number of carbonyl (C=O) groups is 1. The van der Waals surface area contributed by atoms with E-state index in [0.29, 0.717) is 0 Å². The van der Waals surface area contributed by atoms with Crippen molar-refractivity contribution < 1.29 is 4.79 Å². The fourth-order valence-electron chi connectivity index (χ4n) is 2.96. The number of urea groups is 1. The van der Waals surface area contributed by atoms with Gasteiger partial charge in [-0.3, -0.25) is 0 Å². The summed E-state index contributed by atoms with van der Waals surface area (Å²) in [6.45, 7) is 5.17. The summed E-state index contributed by atoms with van der Waals surface area (Å²) in [6, 6.07) is 18.3. The summed E-state index contributed by atoms with van der Waals surface area (Å²) in [5, 5.41) is 3.09. The van der Waals surface area contributed by atoms with Gasteiger partial charge in [-0.15, -0.1) is 0 Å². The van der Waals surface area contributed by atoms with Crippen LogP contribution in [0.15, 0.2) is 59.1 Å². The fraction of sp³-hybridized carbons (Fsp3) is 0.316. The summed E-state index contributed by atoms with van der Waals surface area (Å²) in [4.78, 5) is 16.7. The number of halogens is 1. The highest BCUT2D eigenvalue weighted by Gasteiger charge is 2.23. The van der Waals surface area contributed by atoms with Crippen molar-refractivity contribution in [2.45, 2.75) is 13.0 Å². The molecule has 2 amide bonds. The lowest BCUT2D eigenvalue weighted by molar-refractivity contribution is 0.191. The molecule has 0 radical (unpaired) electrons. The average Bonchev–Trinajstić information content (AvgIpc) is 2.63. The van der Waals surface area contributed by atoms with E-state index in [9.17, 15) is 4.79 Å². The van der Waals surface area contributed by atoms with Gasteiger partial charge in [0.05, 0.1) is 11.7 Å². The van der Waals surface area contributed by atoms with Gasteiger partial charge in [0, 0.05) is 30.7 Å². The number of anilines is 1. The molecule has 1 aliphatic heterocycles. The van der Waals surface area contributed by atoms with Crippen molar-refractivity contribution in [2.24, 2.45) is 0 Å². The molecular formula is C19H22BrN3O. The van der Waals surface area contributed by atoms with E-state index in [1.165, 1.54) is 5.69 Å². The van der Waals surface area contributed by atoms with Crippen molar-refractivity contribution in [1.82, 2.24) is 10.2 Å². The Balaban J connectivity index is 1.55. The lowest BCUT2D eigenvalue weighted by atomic mass is 10.1. The van der Waals surface area contributed by atoms with Gasteiger partial charge in [-0.05, 0) is 40.5 Å². The van der Waals surface area contributed by atoms with Crippen molar-refractivity contribution in [2.75, 3.05) is 31.1 Å². The lowest BCUT2D eigenvalue weighted by Gasteiger charge is -2.37. The van der Waals surface area contributed by atoms with Gasteiger partial charge in [-0.25, -0.2) is 4.79 Å². The van der Waals surface area contributed by atoms with Crippen LogP contribution in [0.4, 0.5) is 10.5 Å². The molecule has 126 valence electrons. The molecule has 0 spiro atoms. The summed E-state index contributed by atoms with van der Waals surface area (Å²) in [5.41, 5.74) is 2.31. The second-order valence-electron chi connectivity index (χ2n) is 6.01. The second kappa shape index (κ2) is 7.71. The molecule has 1 saturated heterocycles. The molecule has 0 aromatic heterocycles. The van der Waals surface area contributed by atoms with Crippen LogP contribution in [0.25, 0.3) is 0 Å². The van der Waals surface area contributed by atoms with E-state index in [-0.39, 0.29) is 12.1 Å². The van der Waals surface area contributed by atoms with Gasteiger partial charge in [-0.1, -0.05) is 42.5 Å². The number of hydrogen-bond donors (Lipinski definition) is 1. The number of piperazine rings is 1. The van der Waals surface area contributed by atoms with Crippen LogP contribution >= 0.6 is 15.9 Å². The van der Waals surface area contributed by atoms with E-state index >= 15 is 0 Å². The van der Waals surface area contributed by atoms with E-state index < -0.39 is 0 Å². The first kappa shape index (κ1) is 16.8. The third kappa shape index (κ3) is 3.90. The number of amides is 2. The van der Waals surface area contributed by atoms with Crippen LogP contribution in [-0.2, 0) is 0 Å². The zero-order chi connectivity index (χ0) is 16.9. The molecule has 1 unspecified atom stereocenters. The van der Waals surface area contributed by atoms with Gasteiger partial charge >= 0.3 is 6.03 Å². The molecular weight excluding hydrogens is 366 g/mol. The Labute approximate surface area is 151 Å². The summed E-state index contributed by atoms with van der Waals surface area (Å²) in [5.74, 6) is 0. The molecule has 5 heteroatoms. The number of hydrogen-bond acceptors (Lipinski definition) is 2. The van der Waals surface area contributed by atoms with Gasteiger partial charge in [0.1, 0.15) is 0 Å². The number of benzene rings is 2. The molecule has 0 saturated carbocycles. The minimum absolute atomic E-state index is 0.0122. The van der Waals surface area contributed by atoms with Crippen molar-refractivity contribution in [1.29, 1.82) is 0 Å². The predicted molar refractivity (Wildman–Crippen MR) is 101 cm³/mol. The smallest absolute Gasteiger partial charge is 0.317 e. The molecule has 24 heavy (non-hydrogen) atoms. The van der Waals surface area contributed by atoms with E-state index in [0.717, 1.165) is 36.2 Å². The first-order valence-corrected chi connectivity index (χ1v) is 9.04. The molecule has 1 heterocycles. The van der Waals surface area contributed by atoms with Gasteiger partial charge in [0.25, 0.3) is 0 Å². The fourth-order valence-corrected chi connectivity index (χ4v) is 3.50. The van der Waals surface area contributed by atoms with Crippen molar-refractivity contribution in [3.05, 3.63) is 64.6 Å². The molecule has 2 aromatic rings. The molecule has 1 N–H and O–H groups in total. The largest absolute Gasteiger partial charge is 0.367 e. The number of nitrogens with one attached hydrogen (secondary N) is 1. The van der Waals surface area contributed by atoms with Crippen molar-refractivity contribution >= 4 is 27.6 Å². The SMILES string of the molecule is CC(NC(=O)N1CCN(c2ccccc2Br)CC1)c1ccccc1. The third-order valence-corrected chi connectivity index (χ3v) is 5.07. The van der Waals surface area contributed by atoms with E-state index in [4.69, 9.17) is 0 Å². The molecule has 1 aliphatic rings. The van der Waals surface area contributed by atoms with Gasteiger partial charge < -0.3 is 15.1 Å². The highest BCUT2D eigenvalue weighted by molar-refractivity contribution is 9.10. The van der Waals surface area contributed by atoms with Gasteiger partial charge in [0.15, 0.2) is 0 Å². The Morgan fingerprint density at radius 1 is 1.00 bits per heavy atom. The molecule has 0 bridgehead atoms. The second-order valence-corrected chi connectivity index (χ2v) is 6.86. The maximum atomic E-state index is 12.5. The van der Waals surface area contributed by atoms with Crippen LogP contribution in [0.1, 0.15) is 18.5 Å². The van der Waals surface area contributed by atoms with Crippen LogP contribution in [0.5, 0.6) is 0 Å².